The number of aliphatic hydroxyl groups is 1. The molecule has 1 rings (SSSR count). The smallest absolute Gasteiger partial charge is 0.392 e. The van der Waals surface area contributed by atoms with Crippen LogP contribution in [0, 0.1) is 0 Å². The standard InChI is InChI=1S/C5H11NO.H2O4S/c7-5-2-1-3-6-4-5;1-5(2,3)4/h5-7H,1-4H2;(H2,1,2,3,4). The van der Waals surface area contributed by atoms with Gasteiger partial charge in [-0.15, -0.1) is 0 Å². The lowest BCUT2D eigenvalue weighted by Crippen LogP contribution is -2.33. The van der Waals surface area contributed by atoms with E-state index in [1.165, 1.54) is 0 Å². The normalized spacial score (nSPS) is 24.1. The minimum absolute atomic E-state index is 0.0752. The summed E-state index contributed by atoms with van der Waals surface area (Å²) < 4.78 is 31.6. The third kappa shape index (κ3) is 12.5. The molecule has 1 atom stereocenters. The van der Waals surface area contributed by atoms with Crippen LogP contribution in [0.3, 0.4) is 0 Å². The number of aliphatic hydroxyl groups excluding tert-OH is 1. The van der Waals surface area contributed by atoms with Gasteiger partial charge < -0.3 is 10.4 Å². The largest absolute Gasteiger partial charge is 0.394 e. The van der Waals surface area contributed by atoms with Crippen LogP contribution in [0.1, 0.15) is 12.8 Å². The zero-order valence-corrected chi connectivity index (χ0v) is 7.29. The van der Waals surface area contributed by atoms with Crippen LogP contribution in [-0.2, 0) is 10.4 Å². The Labute approximate surface area is 71.2 Å². The molecular weight excluding hydrogens is 186 g/mol. The molecule has 0 aliphatic carbocycles. The van der Waals surface area contributed by atoms with Crippen LogP contribution < -0.4 is 5.32 Å². The van der Waals surface area contributed by atoms with Crippen molar-refractivity contribution in [3.63, 3.8) is 0 Å². The van der Waals surface area contributed by atoms with E-state index in [0.717, 1.165) is 25.9 Å². The van der Waals surface area contributed by atoms with Gasteiger partial charge in [-0.3, -0.25) is 9.11 Å². The SMILES string of the molecule is O=S(=O)(O)O.OC1CCCNC1. The van der Waals surface area contributed by atoms with E-state index in [2.05, 4.69) is 5.32 Å². The predicted octanol–water partition coefficient (Wildman–Crippen LogP) is -0.922. The average molecular weight is 199 g/mol. The molecular formula is C5H13NO5S. The van der Waals surface area contributed by atoms with Crippen molar-refractivity contribution in [2.24, 2.45) is 0 Å². The van der Waals surface area contributed by atoms with Crippen molar-refractivity contribution in [3.8, 4) is 0 Å². The molecule has 0 amide bonds. The number of hydrogen-bond acceptors (Lipinski definition) is 4. The number of nitrogens with one attached hydrogen (secondary N) is 1. The van der Waals surface area contributed by atoms with Crippen molar-refractivity contribution >= 4 is 10.4 Å². The van der Waals surface area contributed by atoms with E-state index in [1.54, 1.807) is 0 Å². The molecule has 1 saturated heterocycles. The van der Waals surface area contributed by atoms with Gasteiger partial charge >= 0.3 is 10.4 Å². The highest BCUT2D eigenvalue weighted by Crippen LogP contribution is 1.98. The summed E-state index contributed by atoms with van der Waals surface area (Å²) in [7, 11) is -4.67. The summed E-state index contributed by atoms with van der Waals surface area (Å²) in [6.45, 7) is 1.87. The van der Waals surface area contributed by atoms with Gasteiger partial charge in [-0.25, -0.2) is 0 Å². The van der Waals surface area contributed by atoms with Gasteiger partial charge in [0.05, 0.1) is 6.10 Å². The summed E-state index contributed by atoms with van der Waals surface area (Å²) in [5.41, 5.74) is 0. The Hall–Kier alpha value is -0.210. The van der Waals surface area contributed by atoms with Gasteiger partial charge in [-0.1, -0.05) is 0 Å². The molecule has 1 unspecified atom stereocenters. The first kappa shape index (κ1) is 11.8. The first-order valence-corrected chi connectivity index (χ1v) is 4.88. The predicted molar refractivity (Wildman–Crippen MR) is 42.3 cm³/mol. The summed E-state index contributed by atoms with van der Waals surface area (Å²) in [6.07, 6.45) is 2.03. The number of hydrogen-bond donors (Lipinski definition) is 4. The van der Waals surface area contributed by atoms with Crippen molar-refractivity contribution in [2.45, 2.75) is 18.9 Å². The summed E-state index contributed by atoms with van der Waals surface area (Å²) >= 11 is 0. The molecule has 0 saturated carbocycles. The second kappa shape index (κ2) is 5.44. The van der Waals surface area contributed by atoms with E-state index in [1.807, 2.05) is 0 Å². The first-order valence-electron chi connectivity index (χ1n) is 3.48. The maximum absolute atomic E-state index is 8.85. The van der Waals surface area contributed by atoms with Crippen molar-refractivity contribution in [1.82, 2.24) is 5.32 Å². The quantitative estimate of drug-likeness (QED) is 0.376. The fourth-order valence-corrected chi connectivity index (χ4v) is 0.833. The van der Waals surface area contributed by atoms with E-state index < -0.39 is 10.4 Å². The van der Waals surface area contributed by atoms with Crippen LogP contribution in [0.4, 0.5) is 0 Å². The van der Waals surface area contributed by atoms with Crippen LogP contribution in [0.5, 0.6) is 0 Å². The highest BCUT2D eigenvalue weighted by Gasteiger charge is 2.06. The van der Waals surface area contributed by atoms with Crippen molar-refractivity contribution in [3.05, 3.63) is 0 Å². The van der Waals surface area contributed by atoms with Crippen molar-refractivity contribution in [1.29, 1.82) is 0 Å². The van der Waals surface area contributed by atoms with Crippen molar-refractivity contribution in [2.75, 3.05) is 13.1 Å². The van der Waals surface area contributed by atoms with Crippen LogP contribution >= 0.6 is 0 Å². The summed E-state index contributed by atoms with van der Waals surface area (Å²) in [5, 5.41) is 11.9. The maximum Gasteiger partial charge on any atom is 0.394 e. The van der Waals surface area contributed by atoms with Gasteiger partial charge in [-0.2, -0.15) is 8.42 Å². The zero-order chi connectivity index (χ0) is 9.61. The van der Waals surface area contributed by atoms with E-state index >= 15 is 0 Å². The molecule has 4 N–H and O–H groups in total. The third-order valence-corrected chi connectivity index (χ3v) is 1.27. The maximum atomic E-state index is 8.85. The molecule has 1 aliphatic rings. The molecule has 0 aromatic carbocycles. The molecule has 7 heteroatoms. The lowest BCUT2D eigenvalue weighted by atomic mass is 10.1. The molecule has 74 valence electrons. The molecule has 0 aromatic heterocycles. The van der Waals surface area contributed by atoms with Gasteiger partial charge in [0, 0.05) is 6.54 Å². The second-order valence-corrected chi connectivity index (χ2v) is 3.34. The fourth-order valence-electron chi connectivity index (χ4n) is 0.833. The van der Waals surface area contributed by atoms with Gasteiger partial charge in [-0.05, 0) is 19.4 Å². The van der Waals surface area contributed by atoms with E-state index in [4.69, 9.17) is 22.6 Å². The van der Waals surface area contributed by atoms with Gasteiger partial charge in [0.2, 0.25) is 0 Å². The van der Waals surface area contributed by atoms with Gasteiger partial charge in [0.1, 0.15) is 0 Å². The van der Waals surface area contributed by atoms with Crippen LogP contribution in [-0.4, -0.2) is 41.8 Å². The Morgan fingerprint density at radius 1 is 1.33 bits per heavy atom. The van der Waals surface area contributed by atoms with Gasteiger partial charge in [0.25, 0.3) is 0 Å². The molecule has 0 spiro atoms. The number of piperidine rings is 1. The molecule has 0 radical (unpaired) electrons. The summed E-state index contributed by atoms with van der Waals surface area (Å²) in [6, 6.07) is 0. The monoisotopic (exact) mass is 199 g/mol. The minimum atomic E-state index is -4.67. The Balaban J connectivity index is 0.000000217. The molecule has 6 nitrogen and oxygen atoms in total. The molecule has 0 aromatic rings. The van der Waals surface area contributed by atoms with E-state index in [0.29, 0.717) is 0 Å². The highest BCUT2D eigenvalue weighted by molar-refractivity contribution is 7.79. The van der Waals surface area contributed by atoms with Crippen molar-refractivity contribution < 1.29 is 22.6 Å². The van der Waals surface area contributed by atoms with Crippen LogP contribution in [0.25, 0.3) is 0 Å². The van der Waals surface area contributed by atoms with E-state index in [-0.39, 0.29) is 6.10 Å². The van der Waals surface area contributed by atoms with Crippen LogP contribution in [0.15, 0.2) is 0 Å². The molecule has 1 aliphatic heterocycles. The Morgan fingerprint density at radius 3 is 2.00 bits per heavy atom. The zero-order valence-electron chi connectivity index (χ0n) is 6.47. The minimum Gasteiger partial charge on any atom is -0.392 e. The Morgan fingerprint density at radius 2 is 1.83 bits per heavy atom. The average Bonchev–Trinajstić information content (AvgIpc) is 1.85. The molecule has 12 heavy (non-hydrogen) atoms. The topological polar surface area (TPSA) is 107 Å². The van der Waals surface area contributed by atoms with Gasteiger partial charge in [0.15, 0.2) is 0 Å². The van der Waals surface area contributed by atoms with Crippen LogP contribution in [0.2, 0.25) is 0 Å². The second-order valence-electron chi connectivity index (χ2n) is 2.45. The number of rotatable bonds is 0. The Bertz CT molecular complexity index is 188. The summed E-state index contributed by atoms with van der Waals surface area (Å²) in [5.74, 6) is 0. The molecule has 0 bridgehead atoms. The molecule has 1 fully saturated rings. The summed E-state index contributed by atoms with van der Waals surface area (Å²) in [4.78, 5) is 0. The first-order chi connectivity index (χ1) is 5.39. The lowest BCUT2D eigenvalue weighted by molar-refractivity contribution is 0.142. The fraction of sp³-hybridized carbons (Fsp3) is 1.00. The Kier molecular flexibility index (Phi) is 5.34. The lowest BCUT2D eigenvalue weighted by Gasteiger charge is -2.16. The molecule has 1 heterocycles. The highest BCUT2D eigenvalue weighted by atomic mass is 32.3. The third-order valence-electron chi connectivity index (χ3n) is 1.27. The van der Waals surface area contributed by atoms with E-state index in [9.17, 15) is 0 Å². The number of β-amino-alcohol motifs (C(OH)–C–C–N with tert-alkyl or cyclic N) is 1.